The predicted molar refractivity (Wildman–Crippen MR) is 109 cm³/mol. The van der Waals surface area contributed by atoms with Gasteiger partial charge in [-0.05, 0) is 48.4 Å². The number of nitrogens with one attached hydrogen (secondary N) is 1. The zero-order valence-electron chi connectivity index (χ0n) is 16.7. The van der Waals surface area contributed by atoms with Gasteiger partial charge in [0, 0.05) is 30.1 Å². The van der Waals surface area contributed by atoms with Gasteiger partial charge in [-0.2, -0.15) is 0 Å². The lowest BCUT2D eigenvalue weighted by Gasteiger charge is -2.30. The van der Waals surface area contributed by atoms with Gasteiger partial charge in [-0.3, -0.25) is 4.98 Å². The zero-order valence-corrected chi connectivity index (χ0v) is 16.7. The molecule has 0 radical (unpaired) electrons. The van der Waals surface area contributed by atoms with Crippen LogP contribution in [0.5, 0.6) is 5.75 Å². The Balaban J connectivity index is 1.29. The molecule has 2 aromatic carbocycles. The highest BCUT2D eigenvalue weighted by molar-refractivity contribution is 5.83. The number of aryl methyl sites for hydroxylation is 1. The number of rotatable bonds is 7. The number of methoxy groups -OCH3 is 1. The van der Waals surface area contributed by atoms with Crippen molar-refractivity contribution >= 4 is 10.9 Å². The van der Waals surface area contributed by atoms with Crippen molar-refractivity contribution in [1.82, 2.24) is 10.3 Å². The summed E-state index contributed by atoms with van der Waals surface area (Å²) in [5, 5.41) is 4.15. The Morgan fingerprint density at radius 3 is 2.60 bits per heavy atom. The molecule has 1 aliphatic heterocycles. The first kappa shape index (κ1) is 20.7. The van der Waals surface area contributed by atoms with Crippen LogP contribution in [-0.2, 0) is 22.4 Å². The highest BCUT2D eigenvalue weighted by atomic mass is 19.1. The van der Waals surface area contributed by atoms with E-state index in [1.165, 1.54) is 18.2 Å². The van der Waals surface area contributed by atoms with Crippen LogP contribution < -0.4 is 10.1 Å². The summed E-state index contributed by atoms with van der Waals surface area (Å²) in [4.78, 5) is 4.40. The Morgan fingerprint density at radius 1 is 1.10 bits per heavy atom. The van der Waals surface area contributed by atoms with E-state index in [1.807, 2.05) is 24.3 Å². The zero-order chi connectivity index (χ0) is 20.9. The molecule has 1 fully saturated rings. The highest BCUT2D eigenvalue weighted by Crippen LogP contribution is 2.24. The molecule has 1 aromatic heterocycles. The molecule has 0 spiro atoms. The number of fused-ring (bicyclic) bond motifs is 1. The van der Waals surface area contributed by atoms with E-state index in [-0.39, 0.29) is 24.4 Å². The first-order valence-corrected chi connectivity index (χ1v) is 9.95. The normalized spacial score (nSPS) is 19.2. The van der Waals surface area contributed by atoms with Crippen LogP contribution in [0.1, 0.15) is 17.5 Å². The first-order chi connectivity index (χ1) is 14.6. The molecule has 158 valence electrons. The Hall–Kier alpha value is -2.61. The summed E-state index contributed by atoms with van der Waals surface area (Å²) in [6.07, 6.45) is 2.96. The maximum Gasteiger partial charge on any atom is 0.158 e. The van der Waals surface area contributed by atoms with Gasteiger partial charge in [-0.15, -0.1) is 0 Å². The number of aromatic nitrogens is 1. The lowest BCUT2D eigenvalue weighted by molar-refractivity contribution is -0.192. The molecule has 1 saturated heterocycles. The molecular formula is C23H24F2N2O3. The fourth-order valence-corrected chi connectivity index (χ4v) is 3.58. The lowest BCUT2D eigenvalue weighted by atomic mass is 10.0. The van der Waals surface area contributed by atoms with E-state index in [4.69, 9.17) is 14.2 Å². The van der Waals surface area contributed by atoms with Gasteiger partial charge in [-0.25, -0.2) is 8.78 Å². The van der Waals surface area contributed by atoms with Crippen molar-refractivity contribution in [2.75, 3.05) is 20.3 Å². The van der Waals surface area contributed by atoms with Crippen molar-refractivity contribution < 1.29 is 23.0 Å². The van der Waals surface area contributed by atoms with Crippen molar-refractivity contribution in [3.05, 3.63) is 71.4 Å². The molecule has 1 aliphatic rings. The molecule has 0 unspecified atom stereocenters. The van der Waals surface area contributed by atoms with E-state index in [2.05, 4.69) is 10.3 Å². The molecule has 1 N–H and O–H groups in total. The molecule has 0 atom stereocenters. The lowest BCUT2D eigenvalue weighted by Crippen LogP contribution is -2.44. The topological polar surface area (TPSA) is 52.6 Å². The predicted octanol–water partition coefficient (Wildman–Crippen LogP) is 3.99. The number of benzene rings is 2. The Morgan fingerprint density at radius 2 is 1.87 bits per heavy atom. The third-order valence-corrected chi connectivity index (χ3v) is 5.28. The van der Waals surface area contributed by atoms with E-state index in [0.717, 1.165) is 28.6 Å². The first-order valence-electron chi connectivity index (χ1n) is 9.95. The van der Waals surface area contributed by atoms with E-state index in [9.17, 15) is 8.78 Å². The van der Waals surface area contributed by atoms with E-state index < -0.39 is 11.6 Å². The minimum absolute atomic E-state index is 0.0274. The fraction of sp³-hybridized carbons (Fsp3) is 0.348. The minimum atomic E-state index is -0.556. The van der Waals surface area contributed by atoms with Crippen LogP contribution in [0.25, 0.3) is 10.9 Å². The number of pyridine rings is 1. The number of nitrogens with zero attached hydrogens (tertiary/aromatic N) is 1. The van der Waals surface area contributed by atoms with Gasteiger partial charge in [0.15, 0.2) is 6.29 Å². The molecule has 0 amide bonds. The van der Waals surface area contributed by atoms with Crippen LogP contribution in [0, 0.1) is 11.6 Å². The van der Waals surface area contributed by atoms with E-state index >= 15 is 0 Å². The van der Waals surface area contributed by atoms with Crippen LogP contribution in [-0.4, -0.2) is 37.6 Å². The summed E-state index contributed by atoms with van der Waals surface area (Å²) in [7, 11) is 1.64. The number of hydrogen-bond acceptors (Lipinski definition) is 5. The van der Waals surface area contributed by atoms with Crippen LogP contribution in [0.4, 0.5) is 8.78 Å². The van der Waals surface area contributed by atoms with Gasteiger partial charge in [0.05, 0.1) is 31.9 Å². The summed E-state index contributed by atoms with van der Waals surface area (Å²) in [5.74, 6) is -0.319. The van der Waals surface area contributed by atoms with Gasteiger partial charge < -0.3 is 19.5 Å². The number of halogens is 2. The van der Waals surface area contributed by atoms with Crippen LogP contribution >= 0.6 is 0 Å². The van der Waals surface area contributed by atoms with E-state index in [1.54, 1.807) is 13.3 Å². The maximum atomic E-state index is 13.7. The molecule has 7 heteroatoms. The summed E-state index contributed by atoms with van der Waals surface area (Å²) in [6, 6.07) is 11.6. The van der Waals surface area contributed by atoms with Crippen LogP contribution in [0.15, 0.2) is 48.7 Å². The fourth-order valence-electron chi connectivity index (χ4n) is 3.58. The smallest absolute Gasteiger partial charge is 0.158 e. The van der Waals surface area contributed by atoms with Gasteiger partial charge in [0.2, 0.25) is 0 Å². The molecule has 0 aliphatic carbocycles. The third-order valence-electron chi connectivity index (χ3n) is 5.28. The molecule has 5 nitrogen and oxygen atoms in total. The van der Waals surface area contributed by atoms with Gasteiger partial charge in [0.1, 0.15) is 17.4 Å². The van der Waals surface area contributed by atoms with Crippen molar-refractivity contribution in [3.63, 3.8) is 0 Å². The van der Waals surface area contributed by atoms with Crippen molar-refractivity contribution in [2.45, 2.75) is 31.7 Å². The quantitative estimate of drug-likeness (QED) is 0.634. The van der Waals surface area contributed by atoms with Crippen LogP contribution in [0.3, 0.4) is 0 Å². The molecule has 2 heterocycles. The monoisotopic (exact) mass is 414 g/mol. The second kappa shape index (κ2) is 9.47. The number of ether oxygens (including phenoxy) is 3. The highest BCUT2D eigenvalue weighted by Gasteiger charge is 2.22. The van der Waals surface area contributed by atoms with E-state index in [0.29, 0.717) is 19.6 Å². The Kier molecular flexibility index (Phi) is 6.52. The standard InChI is InChI=1S/C23H24F2N2O3/c1-28-17-6-7-22-18(11-17)15(9-10-26-22)5-8-23-29-13-16(14-30-23)27-12-19-20(24)3-2-4-21(19)25/h2-4,6-7,9-11,16,23,27H,5,8,12-14H2,1H3/t16-,23-. The van der Waals surface area contributed by atoms with Crippen LogP contribution in [0.2, 0.25) is 0 Å². The largest absolute Gasteiger partial charge is 0.497 e. The summed E-state index contributed by atoms with van der Waals surface area (Å²) in [6.45, 7) is 0.933. The van der Waals surface area contributed by atoms with Gasteiger partial charge >= 0.3 is 0 Å². The molecule has 0 saturated carbocycles. The summed E-state index contributed by atoms with van der Waals surface area (Å²) < 4.78 is 44.4. The molecule has 4 rings (SSSR count). The summed E-state index contributed by atoms with van der Waals surface area (Å²) in [5.41, 5.74) is 2.10. The molecule has 30 heavy (non-hydrogen) atoms. The molecular weight excluding hydrogens is 390 g/mol. The van der Waals surface area contributed by atoms with Gasteiger partial charge in [-0.1, -0.05) is 6.07 Å². The van der Waals surface area contributed by atoms with Gasteiger partial charge in [0.25, 0.3) is 0 Å². The maximum absolute atomic E-state index is 13.7. The Labute approximate surface area is 174 Å². The van der Waals surface area contributed by atoms with Crippen molar-refractivity contribution in [3.8, 4) is 5.75 Å². The SMILES string of the molecule is COc1ccc2nccc(CC[C@H]3OC[C@H](NCc4c(F)cccc4F)CO3)c2c1. The van der Waals surface area contributed by atoms with Crippen molar-refractivity contribution in [1.29, 1.82) is 0 Å². The average Bonchev–Trinajstić information content (AvgIpc) is 2.77. The second-order valence-corrected chi connectivity index (χ2v) is 7.27. The molecule has 3 aromatic rings. The summed E-state index contributed by atoms with van der Waals surface area (Å²) >= 11 is 0. The molecule has 0 bridgehead atoms. The van der Waals surface area contributed by atoms with Crippen molar-refractivity contribution in [2.24, 2.45) is 0 Å². The Bertz CT molecular complexity index is 987. The average molecular weight is 414 g/mol. The minimum Gasteiger partial charge on any atom is -0.497 e. The second-order valence-electron chi connectivity index (χ2n) is 7.27. The third kappa shape index (κ3) is 4.75. The number of hydrogen-bond donors (Lipinski definition) is 1.